The van der Waals surface area contributed by atoms with Gasteiger partial charge in [0.1, 0.15) is 5.82 Å². The van der Waals surface area contributed by atoms with Crippen molar-refractivity contribution in [3.63, 3.8) is 0 Å². The molecule has 1 rings (SSSR count). The Morgan fingerprint density at radius 1 is 1.57 bits per heavy atom. The summed E-state index contributed by atoms with van der Waals surface area (Å²) in [5.41, 5.74) is 0.114. The van der Waals surface area contributed by atoms with Gasteiger partial charge in [-0.05, 0) is 12.0 Å². The van der Waals surface area contributed by atoms with Crippen molar-refractivity contribution in [3.05, 3.63) is 33.6 Å². The summed E-state index contributed by atoms with van der Waals surface area (Å²) in [7, 11) is 1.27. The minimum absolute atomic E-state index is 0.0512. The summed E-state index contributed by atoms with van der Waals surface area (Å²) in [6.07, 6.45) is 0.413. The highest BCUT2D eigenvalue weighted by atomic mass is 19.1. The Morgan fingerprint density at radius 3 is 2.64 bits per heavy atom. The number of halogens is 1. The van der Waals surface area contributed by atoms with E-state index >= 15 is 0 Å². The van der Waals surface area contributed by atoms with Crippen LogP contribution in [0.15, 0.2) is 12.1 Å². The number of nitro groups is 1. The van der Waals surface area contributed by atoms with E-state index in [2.05, 4.69) is 0 Å². The number of hydrogen-bond acceptors (Lipinski definition) is 3. The first-order valence-corrected chi connectivity index (χ1v) is 4.11. The number of ether oxygens (including phenoxy) is 1. The summed E-state index contributed by atoms with van der Waals surface area (Å²) in [5.74, 6) is -0.528. The number of aryl methyl sites for hydroxylation is 1. The molecule has 1 aromatic carbocycles. The van der Waals surface area contributed by atoms with E-state index in [-0.39, 0.29) is 11.4 Å². The molecule has 0 saturated heterocycles. The van der Waals surface area contributed by atoms with Crippen LogP contribution >= 0.6 is 0 Å². The van der Waals surface area contributed by atoms with E-state index in [0.29, 0.717) is 12.0 Å². The average molecular weight is 199 g/mol. The van der Waals surface area contributed by atoms with Crippen molar-refractivity contribution in [3.8, 4) is 5.75 Å². The number of methoxy groups -OCH3 is 1. The van der Waals surface area contributed by atoms with E-state index in [1.165, 1.54) is 13.2 Å². The van der Waals surface area contributed by atoms with E-state index in [1.807, 2.05) is 0 Å². The smallest absolute Gasteiger partial charge is 0.311 e. The molecule has 14 heavy (non-hydrogen) atoms. The molecule has 0 N–H and O–H groups in total. The second-order valence-corrected chi connectivity index (χ2v) is 2.73. The molecule has 0 aromatic heterocycles. The zero-order valence-corrected chi connectivity index (χ0v) is 7.91. The Balaban J connectivity index is 3.32. The Labute approximate surface area is 80.5 Å². The van der Waals surface area contributed by atoms with Crippen molar-refractivity contribution >= 4 is 5.69 Å². The predicted octanol–water partition coefficient (Wildman–Crippen LogP) is 2.30. The van der Waals surface area contributed by atoms with Crippen LogP contribution in [0.3, 0.4) is 0 Å². The maximum absolute atomic E-state index is 13.2. The number of nitrogens with zero attached hydrogens (tertiary/aromatic N) is 1. The number of rotatable bonds is 3. The lowest BCUT2D eigenvalue weighted by Gasteiger charge is -2.04. The van der Waals surface area contributed by atoms with Crippen LogP contribution in [0.25, 0.3) is 0 Å². The van der Waals surface area contributed by atoms with Crippen molar-refractivity contribution in [2.75, 3.05) is 7.11 Å². The fourth-order valence-electron chi connectivity index (χ4n) is 1.16. The first-order chi connectivity index (χ1) is 6.60. The average Bonchev–Trinajstić information content (AvgIpc) is 2.16. The predicted molar refractivity (Wildman–Crippen MR) is 49.0 cm³/mol. The van der Waals surface area contributed by atoms with Gasteiger partial charge in [0, 0.05) is 12.1 Å². The van der Waals surface area contributed by atoms with Crippen LogP contribution in [-0.2, 0) is 6.42 Å². The van der Waals surface area contributed by atoms with Crippen molar-refractivity contribution in [1.29, 1.82) is 0 Å². The second-order valence-electron chi connectivity index (χ2n) is 2.73. The van der Waals surface area contributed by atoms with Gasteiger partial charge in [-0.3, -0.25) is 10.1 Å². The number of nitro benzene ring substituents is 1. The molecule has 76 valence electrons. The molecule has 5 heteroatoms. The molecule has 0 spiro atoms. The number of hydrogen-bond donors (Lipinski definition) is 0. The molecule has 0 radical (unpaired) electrons. The molecule has 0 aliphatic rings. The van der Waals surface area contributed by atoms with Crippen LogP contribution in [-0.4, -0.2) is 12.0 Å². The van der Waals surface area contributed by atoms with Gasteiger partial charge >= 0.3 is 5.69 Å². The maximum Gasteiger partial charge on any atom is 0.311 e. The summed E-state index contributed by atoms with van der Waals surface area (Å²) < 4.78 is 17.9. The summed E-state index contributed by atoms with van der Waals surface area (Å²) in [4.78, 5) is 9.98. The van der Waals surface area contributed by atoms with Crippen molar-refractivity contribution in [1.82, 2.24) is 0 Å². The molecule has 0 atom stereocenters. The van der Waals surface area contributed by atoms with E-state index in [9.17, 15) is 14.5 Å². The van der Waals surface area contributed by atoms with Gasteiger partial charge in [0.25, 0.3) is 0 Å². The van der Waals surface area contributed by atoms with E-state index < -0.39 is 10.7 Å². The van der Waals surface area contributed by atoms with E-state index in [1.54, 1.807) is 6.92 Å². The van der Waals surface area contributed by atoms with Crippen LogP contribution in [0, 0.1) is 15.9 Å². The van der Waals surface area contributed by atoms with Crippen molar-refractivity contribution in [2.45, 2.75) is 13.3 Å². The van der Waals surface area contributed by atoms with Crippen LogP contribution in [0.5, 0.6) is 5.75 Å². The first-order valence-electron chi connectivity index (χ1n) is 4.11. The Hall–Kier alpha value is -1.65. The molecular weight excluding hydrogens is 189 g/mol. The summed E-state index contributed by atoms with van der Waals surface area (Å²) in [5, 5.41) is 10.6. The second kappa shape index (κ2) is 4.04. The minimum atomic E-state index is -0.586. The molecule has 0 amide bonds. The summed E-state index contributed by atoms with van der Waals surface area (Å²) in [6, 6.07) is 2.24. The van der Waals surface area contributed by atoms with Gasteiger partial charge < -0.3 is 4.74 Å². The van der Waals surface area contributed by atoms with E-state index in [4.69, 9.17) is 4.74 Å². The fraction of sp³-hybridized carbons (Fsp3) is 0.333. The molecule has 0 fully saturated rings. The highest BCUT2D eigenvalue weighted by Crippen LogP contribution is 2.29. The third-order valence-corrected chi connectivity index (χ3v) is 1.93. The van der Waals surface area contributed by atoms with Crippen LogP contribution in [0.1, 0.15) is 12.5 Å². The molecular formula is C9H10FNO3. The third kappa shape index (κ3) is 1.81. The van der Waals surface area contributed by atoms with Crippen LogP contribution < -0.4 is 4.74 Å². The highest BCUT2D eigenvalue weighted by Gasteiger charge is 2.17. The lowest BCUT2D eigenvalue weighted by atomic mass is 10.1. The molecule has 0 unspecified atom stereocenters. The van der Waals surface area contributed by atoms with Gasteiger partial charge in [0.15, 0.2) is 5.75 Å². The molecule has 0 saturated carbocycles. The molecule has 1 aromatic rings. The zero-order valence-electron chi connectivity index (χ0n) is 7.91. The summed E-state index contributed by atoms with van der Waals surface area (Å²) >= 11 is 0. The molecule has 0 bridgehead atoms. The topological polar surface area (TPSA) is 52.4 Å². The Morgan fingerprint density at radius 2 is 2.21 bits per heavy atom. The van der Waals surface area contributed by atoms with E-state index in [0.717, 1.165) is 6.07 Å². The van der Waals surface area contributed by atoms with Gasteiger partial charge in [-0.1, -0.05) is 6.92 Å². The standard InChI is InChI=1S/C9H10FNO3/c1-3-6-4-8(11(12)13)9(14-2)5-7(6)10/h4-5H,3H2,1-2H3. The Bertz CT molecular complexity index is 365. The molecule has 0 aliphatic carbocycles. The van der Waals surface area contributed by atoms with Gasteiger partial charge in [0.2, 0.25) is 0 Å². The Kier molecular flexibility index (Phi) is 3.01. The SMILES string of the molecule is CCc1cc([N+](=O)[O-])c(OC)cc1F. The van der Waals surface area contributed by atoms with Crippen LogP contribution in [0.2, 0.25) is 0 Å². The van der Waals surface area contributed by atoms with Gasteiger partial charge in [-0.25, -0.2) is 4.39 Å². The van der Waals surface area contributed by atoms with Gasteiger partial charge in [0.05, 0.1) is 12.0 Å². The fourth-order valence-corrected chi connectivity index (χ4v) is 1.16. The summed E-state index contributed by atoms with van der Waals surface area (Å²) in [6.45, 7) is 1.73. The quantitative estimate of drug-likeness (QED) is 0.554. The zero-order chi connectivity index (χ0) is 10.7. The normalized spacial score (nSPS) is 9.93. The highest BCUT2D eigenvalue weighted by molar-refractivity contribution is 5.49. The molecule has 0 aliphatic heterocycles. The lowest BCUT2D eigenvalue weighted by Crippen LogP contribution is -1.97. The van der Waals surface area contributed by atoms with Gasteiger partial charge in [-0.2, -0.15) is 0 Å². The maximum atomic E-state index is 13.2. The van der Waals surface area contributed by atoms with Crippen LogP contribution in [0.4, 0.5) is 10.1 Å². The molecule has 4 nitrogen and oxygen atoms in total. The van der Waals surface area contributed by atoms with Crippen molar-refractivity contribution < 1.29 is 14.1 Å². The van der Waals surface area contributed by atoms with Gasteiger partial charge in [-0.15, -0.1) is 0 Å². The largest absolute Gasteiger partial charge is 0.490 e. The number of benzene rings is 1. The van der Waals surface area contributed by atoms with Crippen molar-refractivity contribution in [2.24, 2.45) is 0 Å². The minimum Gasteiger partial charge on any atom is -0.490 e. The first kappa shape index (κ1) is 10.4. The molecule has 0 heterocycles. The lowest BCUT2D eigenvalue weighted by molar-refractivity contribution is -0.385. The monoisotopic (exact) mass is 199 g/mol. The third-order valence-electron chi connectivity index (χ3n) is 1.93.